The Kier molecular flexibility index (Phi) is 12.0. The van der Waals surface area contributed by atoms with Crippen molar-refractivity contribution in [1.29, 1.82) is 0 Å². The quantitative estimate of drug-likeness (QED) is 0.0820. The highest BCUT2D eigenvalue weighted by Crippen LogP contribution is 2.38. The van der Waals surface area contributed by atoms with Crippen molar-refractivity contribution in [2.45, 2.75) is 49.3 Å². The summed E-state index contributed by atoms with van der Waals surface area (Å²) >= 11 is 0. The molecule has 0 spiro atoms. The molecule has 332 valence electrons. The van der Waals surface area contributed by atoms with Gasteiger partial charge in [-0.3, -0.25) is 9.69 Å². The smallest absolute Gasteiger partial charge is 0.407 e. The molecule has 65 heavy (non-hydrogen) atoms. The molecule has 2 aliphatic rings. The number of benzene rings is 4. The molecule has 7 aromatic rings. The normalized spacial score (nSPS) is 17.7. The number of aromatic nitrogens is 4. The van der Waals surface area contributed by atoms with E-state index >= 15 is 4.39 Å². The number of methoxy groups -OCH3 is 2. The zero-order valence-corrected chi connectivity index (χ0v) is 35.8. The van der Waals surface area contributed by atoms with Crippen molar-refractivity contribution in [2.24, 2.45) is 0 Å². The zero-order chi connectivity index (χ0) is 45.1. The molecule has 0 bridgehead atoms. The predicted octanol–water partition coefficient (Wildman–Crippen LogP) is 8.37. The number of likely N-dealkylation sites (tertiary alicyclic amines) is 2. The summed E-state index contributed by atoms with van der Waals surface area (Å²) in [6, 6.07) is 29.1. The number of nitrogens with one attached hydrogen (secondary N) is 4. The molecule has 5 heterocycles. The monoisotopic (exact) mass is 878 g/mol. The van der Waals surface area contributed by atoms with Gasteiger partial charge in [-0.25, -0.2) is 23.9 Å². The lowest BCUT2D eigenvalue weighted by Crippen LogP contribution is -2.54. The third kappa shape index (κ3) is 8.59. The van der Waals surface area contributed by atoms with Gasteiger partial charge in [0.05, 0.1) is 55.6 Å². The number of nitrogens with zero attached hydrogens (tertiary/aromatic N) is 4. The molecule has 4 atom stereocenters. The summed E-state index contributed by atoms with van der Waals surface area (Å²) < 4.78 is 31.9. The lowest BCUT2D eigenvalue weighted by Gasteiger charge is -2.35. The van der Waals surface area contributed by atoms with Crippen LogP contribution in [-0.4, -0.2) is 88.0 Å². The summed E-state index contributed by atoms with van der Waals surface area (Å²) in [4.78, 5) is 71.5. The van der Waals surface area contributed by atoms with E-state index in [1.165, 1.54) is 20.3 Å². The third-order valence-electron chi connectivity index (χ3n) is 12.4. The molecule has 2 saturated heterocycles. The molecule has 0 saturated carbocycles. The Morgan fingerprint density at radius 2 is 1.48 bits per heavy atom. The Morgan fingerprint density at radius 3 is 2.17 bits per heavy atom. The van der Waals surface area contributed by atoms with E-state index in [9.17, 15) is 19.2 Å². The van der Waals surface area contributed by atoms with E-state index in [2.05, 4.69) is 35.5 Å². The second kappa shape index (κ2) is 18.3. The molecule has 0 unspecified atom stereocenters. The molecule has 0 aliphatic carbocycles. The van der Waals surface area contributed by atoms with E-state index in [1.54, 1.807) is 53.7 Å². The second-order valence-corrected chi connectivity index (χ2v) is 16.3. The first-order valence-corrected chi connectivity index (χ1v) is 21.4. The number of carbonyl (C=O) groups is 4. The van der Waals surface area contributed by atoms with Gasteiger partial charge in [0.2, 0.25) is 0 Å². The highest BCUT2D eigenvalue weighted by atomic mass is 19.1. The molecule has 3 aromatic heterocycles. The van der Waals surface area contributed by atoms with Crippen LogP contribution in [0.1, 0.15) is 66.6 Å². The highest BCUT2D eigenvalue weighted by Gasteiger charge is 2.41. The van der Waals surface area contributed by atoms with Crippen molar-refractivity contribution in [3.63, 3.8) is 0 Å². The Morgan fingerprint density at radius 1 is 0.831 bits per heavy atom. The molecule has 2 aliphatic heterocycles. The Hall–Kier alpha value is -7.59. The second-order valence-electron chi connectivity index (χ2n) is 16.3. The maximum Gasteiger partial charge on any atom is 0.407 e. The standard InChI is InChI=1S/C49H47FN8O7/c1-63-47(61)55-43(30-11-5-3-6-12-30)46(60)58-22-10-16-40(58)45-52-26-37(54-45)31-18-20-41-33(23-31)25-42(65-41)35-19-17-32(24-36(35)50)38-27-51-44(53-38)39-15-9-21-57(39)28-49(29-59,56-48(62)64-2)34-13-7-4-8-14-34/h3-8,11-14,17-20,23-27,29,39-40,43H,9-10,15-16,21-22,28H2,1-2H3,(H,51,53)(H,52,54)(H,55,61)(H,56,62)/t39-,40-,43+,49-/m0/s1. The van der Waals surface area contributed by atoms with Crippen LogP contribution in [0.25, 0.3) is 44.8 Å². The maximum atomic E-state index is 16.0. The van der Waals surface area contributed by atoms with Crippen LogP contribution >= 0.6 is 0 Å². The minimum Gasteiger partial charge on any atom is -0.456 e. The van der Waals surface area contributed by atoms with Crippen molar-refractivity contribution in [3.8, 4) is 33.8 Å². The lowest BCUT2D eigenvalue weighted by molar-refractivity contribution is -0.134. The number of aldehydes is 1. The van der Waals surface area contributed by atoms with Gasteiger partial charge in [0.15, 0.2) is 6.29 Å². The zero-order valence-electron chi connectivity index (χ0n) is 35.8. The first-order valence-electron chi connectivity index (χ1n) is 21.4. The number of aromatic amines is 2. The van der Waals surface area contributed by atoms with Gasteiger partial charge in [-0.2, -0.15) is 0 Å². The largest absolute Gasteiger partial charge is 0.456 e. The van der Waals surface area contributed by atoms with Crippen molar-refractivity contribution >= 4 is 35.3 Å². The average Bonchev–Trinajstić information content (AvgIpc) is 4.21. The van der Waals surface area contributed by atoms with Gasteiger partial charge >= 0.3 is 12.2 Å². The average molecular weight is 879 g/mol. The summed E-state index contributed by atoms with van der Waals surface area (Å²) in [7, 11) is 2.52. The summed E-state index contributed by atoms with van der Waals surface area (Å²) in [5.41, 5.74) is 3.59. The van der Waals surface area contributed by atoms with Crippen LogP contribution < -0.4 is 10.6 Å². The number of hydrogen-bond donors (Lipinski definition) is 4. The number of halogens is 1. The van der Waals surface area contributed by atoms with Crippen LogP contribution in [0.2, 0.25) is 0 Å². The Labute approximate surface area is 373 Å². The summed E-state index contributed by atoms with van der Waals surface area (Å²) in [6.07, 6.45) is 5.83. The fourth-order valence-electron chi connectivity index (χ4n) is 9.07. The number of amides is 3. The number of imidazole rings is 2. The third-order valence-corrected chi connectivity index (χ3v) is 12.4. The van der Waals surface area contributed by atoms with Gasteiger partial charge in [-0.1, -0.05) is 66.7 Å². The van der Waals surface area contributed by atoms with E-state index in [0.717, 1.165) is 42.2 Å². The van der Waals surface area contributed by atoms with Gasteiger partial charge < -0.3 is 44.2 Å². The van der Waals surface area contributed by atoms with Gasteiger partial charge in [0.25, 0.3) is 5.91 Å². The first kappa shape index (κ1) is 42.7. The van der Waals surface area contributed by atoms with E-state index in [-0.39, 0.29) is 24.5 Å². The van der Waals surface area contributed by atoms with E-state index in [0.29, 0.717) is 70.5 Å². The molecule has 3 amide bonds. The van der Waals surface area contributed by atoms with E-state index < -0.39 is 29.6 Å². The Bertz CT molecular complexity index is 2840. The number of fused-ring (bicyclic) bond motifs is 1. The molecule has 16 heteroatoms. The number of H-pyrrole nitrogens is 2. The number of alkyl carbamates (subject to hydrolysis) is 2. The first-order chi connectivity index (χ1) is 31.7. The lowest BCUT2D eigenvalue weighted by atomic mass is 9.90. The minimum atomic E-state index is -1.35. The number of ether oxygens (including phenoxy) is 2. The fourth-order valence-corrected chi connectivity index (χ4v) is 9.07. The number of carbonyl (C=O) groups excluding carboxylic acids is 4. The highest BCUT2D eigenvalue weighted by molar-refractivity contribution is 5.88. The van der Waals surface area contributed by atoms with Crippen LogP contribution in [0.3, 0.4) is 0 Å². The predicted molar refractivity (Wildman–Crippen MR) is 238 cm³/mol. The SMILES string of the molecule is COC(=O)N[C@@H](C(=O)N1CCC[C@H]1c1ncc(-c2ccc3oc(-c4ccc(-c5cnc([C@@H]6CCCN6C[C@@](C=O)(NC(=O)OC)c6ccccc6)[nH]5)cc4F)cc3c2)[nH]1)c1ccccc1. The van der Waals surface area contributed by atoms with E-state index in [4.69, 9.17) is 13.9 Å². The van der Waals surface area contributed by atoms with Crippen molar-refractivity contribution in [2.75, 3.05) is 33.9 Å². The summed E-state index contributed by atoms with van der Waals surface area (Å²) in [6.45, 7) is 1.37. The van der Waals surface area contributed by atoms with Crippen LogP contribution in [0, 0.1) is 5.82 Å². The van der Waals surface area contributed by atoms with Crippen molar-refractivity contribution in [1.82, 2.24) is 40.4 Å². The van der Waals surface area contributed by atoms with Gasteiger partial charge in [0, 0.05) is 29.6 Å². The maximum absolute atomic E-state index is 16.0. The molecule has 4 N–H and O–H groups in total. The van der Waals surface area contributed by atoms with Gasteiger partial charge in [-0.05, 0) is 79.8 Å². The molecule has 0 radical (unpaired) electrons. The molecule has 9 rings (SSSR count). The van der Waals surface area contributed by atoms with Crippen molar-refractivity contribution < 1.29 is 37.5 Å². The number of furan rings is 1. The van der Waals surface area contributed by atoms with E-state index in [1.807, 2.05) is 60.7 Å². The molecular formula is C49H47FN8O7. The van der Waals surface area contributed by atoms with Crippen LogP contribution in [0.4, 0.5) is 14.0 Å². The molecule has 15 nitrogen and oxygen atoms in total. The molecule has 2 fully saturated rings. The topological polar surface area (TPSA) is 188 Å². The molecular weight excluding hydrogens is 832 g/mol. The fraction of sp³-hybridized carbons (Fsp3) is 0.265. The molecule has 4 aromatic carbocycles. The number of hydrogen-bond acceptors (Lipinski definition) is 10. The summed E-state index contributed by atoms with van der Waals surface area (Å²) in [5.74, 6) is 0.938. The number of rotatable bonds is 13. The van der Waals surface area contributed by atoms with Crippen LogP contribution in [0.15, 0.2) is 120 Å². The summed E-state index contributed by atoms with van der Waals surface area (Å²) in [5, 5.41) is 6.23. The minimum absolute atomic E-state index is 0.180. The van der Waals surface area contributed by atoms with Crippen molar-refractivity contribution in [3.05, 3.63) is 144 Å². The van der Waals surface area contributed by atoms with Gasteiger partial charge in [-0.15, -0.1) is 0 Å². The van der Waals surface area contributed by atoms with Crippen LogP contribution in [-0.2, 0) is 24.6 Å². The Balaban J connectivity index is 0.902. The van der Waals surface area contributed by atoms with Gasteiger partial charge in [0.1, 0.15) is 40.4 Å². The van der Waals surface area contributed by atoms with Crippen LogP contribution in [0.5, 0.6) is 0 Å².